The molecule has 0 spiro atoms. The van der Waals surface area contributed by atoms with Gasteiger partial charge < -0.3 is 9.84 Å². The lowest BCUT2D eigenvalue weighted by molar-refractivity contribution is -0.143. The molecule has 0 aromatic heterocycles. The molecule has 0 radical (unpaired) electrons. The van der Waals surface area contributed by atoms with Crippen LogP contribution in [0.4, 0.5) is 0 Å². The second-order valence-corrected chi connectivity index (χ2v) is 11.3. The molecule has 0 aliphatic rings. The lowest BCUT2D eigenvalue weighted by atomic mass is 9.69. The van der Waals surface area contributed by atoms with E-state index in [-0.39, 0.29) is 11.4 Å². The van der Waals surface area contributed by atoms with Gasteiger partial charge in [-0.15, -0.1) is 0 Å². The van der Waals surface area contributed by atoms with E-state index >= 15 is 0 Å². The van der Waals surface area contributed by atoms with Crippen molar-refractivity contribution < 1.29 is 14.6 Å². The van der Waals surface area contributed by atoms with E-state index in [0.717, 1.165) is 24.8 Å². The van der Waals surface area contributed by atoms with Gasteiger partial charge in [-0.25, -0.2) is 0 Å². The van der Waals surface area contributed by atoms with Gasteiger partial charge in [0.25, 0.3) is 0 Å². The first-order chi connectivity index (χ1) is 16.8. The van der Waals surface area contributed by atoms with Crippen LogP contribution in [0.15, 0.2) is 42.5 Å². The van der Waals surface area contributed by atoms with Crippen LogP contribution in [0.25, 0.3) is 5.57 Å². The van der Waals surface area contributed by atoms with Gasteiger partial charge in [0.15, 0.2) is 0 Å². The molecule has 0 saturated heterocycles. The molecular weight excluding hydrogens is 444 g/mol. The van der Waals surface area contributed by atoms with Crippen LogP contribution in [0.5, 0.6) is 5.75 Å². The summed E-state index contributed by atoms with van der Waals surface area (Å²) >= 11 is 0. The molecular formula is C33H48O3. The molecule has 0 fully saturated rings. The number of ether oxygens (including phenoxy) is 1. The summed E-state index contributed by atoms with van der Waals surface area (Å²) in [4.78, 5) is 12.4. The topological polar surface area (TPSA) is 46.5 Å². The molecule has 0 heterocycles. The van der Waals surface area contributed by atoms with Gasteiger partial charge in [-0.3, -0.25) is 4.79 Å². The number of hydrogen-bond acceptors (Lipinski definition) is 3. The molecule has 0 amide bonds. The number of carbonyl (C=O) groups excluding carboxylic acids is 1. The Morgan fingerprint density at radius 2 is 1.36 bits per heavy atom. The largest absolute Gasteiger partial charge is 0.426 e. The van der Waals surface area contributed by atoms with Crippen LogP contribution in [0.3, 0.4) is 0 Å². The van der Waals surface area contributed by atoms with Crippen molar-refractivity contribution in [3.8, 4) is 5.75 Å². The predicted octanol–water partition coefficient (Wildman–Crippen LogP) is 8.71. The summed E-state index contributed by atoms with van der Waals surface area (Å²) in [6.07, 6.45) is 6.29. The van der Waals surface area contributed by atoms with Gasteiger partial charge in [0.1, 0.15) is 5.75 Å². The van der Waals surface area contributed by atoms with Crippen LogP contribution >= 0.6 is 0 Å². The van der Waals surface area contributed by atoms with Crippen LogP contribution < -0.4 is 4.74 Å². The number of benzene rings is 2. The third kappa shape index (κ3) is 6.29. The Kier molecular flexibility index (Phi) is 9.76. The minimum Gasteiger partial charge on any atom is -0.426 e. The maximum atomic E-state index is 12.4. The minimum absolute atomic E-state index is 0.135. The Balaban J connectivity index is 2.54. The highest BCUT2D eigenvalue weighted by Crippen LogP contribution is 2.42. The summed E-state index contributed by atoms with van der Waals surface area (Å²) < 4.78 is 5.72. The van der Waals surface area contributed by atoms with E-state index in [9.17, 15) is 9.90 Å². The molecule has 0 aliphatic carbocycles. The fourth-order valence-corrected chi connectivity index (χ4v) is 5.02. The van der Waals surface area contributed by atoms with Crippen LogP contribution in [-0.4, -0.2) is 16.7 Å². The van der Waals surface area contributed by atoms with Gasteiger partial charge in [0, 0.05) is 5.41 Å². The molecule has 36 heavy (non-hydrogen) atoms. The van der Waals surface area contributed by atoms with E-state index in [1.54, 1.807) is 0 Å². The Hall–Kier alpha value is -2.39. The van der Waals surface area contributed by atoms with Crippen LogP contribution in [0.1, 0.15) is 115 Å². The molecule has 0 unspecified atom stereocenters. The predicted molar refractivity (Wildman–Crippen MR) is 153 cm³/mol. The smallest absolute Gasteiger partial charge is 0.316 e. The Labute approximate surface area is 220 Å². The molecule has 198 valence electrons. The monoisotopic (exact) mass is 492 g/mol. The van der Waals surface area contributed by atoms with Crippen molar-refractivity contribution in [2.45, 2.75) is 112 Å². The summed E-state index contributed by atoms with van der Waals surface area (Å²) in [6, 6.07) is 13.1. The van der Waals surface area contributed by atoms with Crippen molar-refractivity contribution in [2.75, 3.05) is 0 Å². The van der Waals surface area contributed by atoms with Crippen molar-refractivity contribution >= 4 is 11.5 Å². The van der Waals surface area contributed by atoms with Crippen molar-refractivity contribution in [3.05, 3.63) is 70.3 Å². The Bertz CT molecular complexity index is 1080. The van der Waals surface area contributed by atoms with E-state index < -0.39 is 11.0 Å². The number of carbonyl (C=O) groups is 1. The summed E-state index contributed by atoms with van der Waals surface area (Å²) in [5.41, 5.74) is 5.71. The van der Waals surface area contributed by atoms with Crippen LogP contribution in [-0.2, 0) is 10.2 Å². The third-order valence-electron chi connectivity index (χ3n) is 7.92. The first-order valence-electron chi connectivity index (χ1n) is 13.7. The maximum Gasteiger partial charge on any atom is 0.316 e. The van der Waals surface area contributed by atoms with Crippen molar-refractivity contribution in [1.82, 2.24) is 0 Å². The number of allylic oxidation sites excluding steroid dienone is 1. The maximum absolute atomic E-state index is 12.4. The van der Waals surface area contributed by atoms with E-state index in [4.69, 9.17) is 4.74 Å². The van der Waals surface area contributed by atoms with Gasteiger partial charge in [0.05, 0.1) is 11.0 Å². The summed E-state index contributed by atoms with van der Waals surface area (Å²) in [5.74, 6) is 0.406. The van der Waals surface area contributed by atoms with Gasteiger partial charge in [-0.1, -0.05) is 65.0 Å². The van der Waals surface area contributed by atoms with E-state index in [1.807, 2.05) is 47.6 Å². The van der Waals surface area contributed by atoms with E-state index in [2.05, 4.69) is 64.1 Å². The Morgan fingerprint density at radius 3 is 1.78 bits per heavy atom. The van der Waals surface area contributed by atoms with Gasteiger partial charge >= 0.3 is 5.97 Å². The van der Waals surface area contributed by atoms with Crippen molar-refractivity contribution in [1.29, 1.82) is 0 Å². The molecule has 3 heteroatoms. The number of rotatable bonds is 10. The highest BCUT2D eigenvalue weighted by atomic mass is 16.5. The SMILES string of the molecule is CCC(=CC(O)(CC)CC)c1ccc(C(CC)(CC)c2ccc(OC(=O)C(C)(C)C)c(C)c2)cc1C. The highest BCUT2D eigenvalue weighted by Gasteiger charge is 2.32. The quantitative estimate of drug-likeness (QED) is 0.266. The number of hydrogen-bond donors (Lipinski definition) is 1. The first kappa shape index (κ1) is 29.8. The average molecular weight is 493 g/mol. The van der Waals surface area contributed by atoms with Crippen molar-refractivity contribution in [2.24, 2.45) is 5.41 Å². The summed E-state index contributed by atoms with van der Waals surface area (Å²) in [7, 11) is 0. The molecule has 3 nitrogen and oxygen atoms in total. The summed E-state index contributed by atoms with van der Waals surface area (Å²) in [6.45, 7) is 20.5. The average Bonchev–Trinajstić information content (AvgIpc) is 2.84. The lowest BCUT2D eigenvalue weighted by Crippen LogP contribution is -2.27. The standard InChI is InChI=1S/C33H48O3/c1-11-25(22-32(35,12-2)13-3)28-18-16-26(20-23(28)6)33(14-4,15-5)27-17-19-29(24(7)21-27)36-30(34)31(8,9)10/h16-22,35H,11-15H2,1-10H3. The molecule has 2 rings (SSSR count). The normalized spacial score (nSPS) is 13.1. The molecule has 2 aromatic carbocycles. The zero-order valence-corrected chi connectivity index (χ0v) is 24.3. The van der Waals surface area contributed by atoms with E-state index in [1.165, 1.54) is 27.8 Å². The molecule has 0 atom stereocenters. The van der Waals surface area contributed by atoms with Crippen LogP contribution in [0.2, 0.25) is 0 Å². The number of aliphatic hydroxyl groups is 1. The second-order valence-electron chi connectivity index (χ2n) is 11.3. The fourth-order valence-electron chi connectivity index (χ4n) is 5.02. The highest BCUT2D eigenvalue weighted by molar-refractivity contribution is 5.78. The zero-order chi connectivity index (χ0) is 27.3. The summed E-state index contributed by atoms with van der Waals surface area (Å²) in [5, 5.41) is 10.9. The zero-order valence-electron chi connectivity index (χ0n) is 24.3. The van der Waals surface area contributed by atoms with E-state index in [0.29, 0.717) is 18.6 Å². The third-order valence-corrected chi connectivity index (χ3v) is 7.92. The van der Waals surface area contributed by atoms with Crippen molar-refractivity contribution in [3.63, 3.8) is 0 Å². The van der Waals surface area contributed by atoms with Gasteiger partial charge in [-0.2, -0.15) is 0 Å². The minimum atomic E-state index is -0.761. The fraction of sp³-hybridized carbons (Fsp3) is 0.545. The first-order valence-corrected chi connectivity index (χ1v) is 13.7. The molecule has 0 saturated carbocycles. The second kappa shape index (κ2) is 11.8. The van der Waals surface area contributed by atoms with Gasteiger partial charge in [-0.05, 0) is 112 Å². The molecule has 0 bridgehead atoms. The molecule has 0 aliphatic heterocycles. The van der Waals surface area contributed by atoms with Crippen LogP contribution in [0, 0.1) is 19.3 Å². The number of esters is 1. The number of aryl methyl sites for hydroxylation is 2. The molecule has 1 N–H and O–H groups in total. The van der Waals surface area contributed by atoms with Gasteiger partial charge in [0.2, 0.25) is 0 Å². The molecule has 2 aromatic rings. The Morgan fingerprint density at radius 1 is 0.833 bits per heavy atom. The lowest BCUT2D eigenvalue weighted by Gasteiger charge is -2.34.